The van der Waals surface area contributed by atoms with E-state index in [9.17, 15) is 4.79 Å². The van der Waals surface area contributed by atoms with E-state index >= 15 is 0 Å². The zero-order chi connectivity index (χ0) is 8.55. The SMILES string of the molecule is NC(=O)C1=CCc2ncccc21. The van der Waals surface area contributed by atoms with Gasteiger partial charge in [-0.05, 0) is 6.07 Å². The average Bonchev–Trinajstić information content (AvgIpc) is 2.47. The van der Waals surface area contributed by atoms with Crippen LogP contribution in [0.2, 0.25) is 0 Å². The number of nitrogens with two attached hydrogens (primary N) is 1. The van der Waals surface area contributed by atoms with Gasteiger partial charge in [-0.3, -0.25) is 9.78 Å². The maximum Gasteiger partial charge on any atom is 0.249 e. The highest BCUT2D eigenvalue weighted by atomic mass is 16.1. The van der Waals surface area contributed by atoms with Crippen LogP contribution in [0.5, 0.6) is 0 Å². The summed E-state index contributed by atoms with van der Waals surface area (Å²) in [6, 6.07) is 3.67. The number of carbonyl (C=O) groups excluding carboxylic acids is 1. The first-order valence-electron chi connectivity index (χ1n) is 3.73. The molecule has 0 radical (unpaired) electrons. The molecule has 0 bridgehead atoms. The van der Waals surface area contributed by atoms with Gasteiger partial charge in [-0.25, -0.2) is 0 Å². The predicted octanol–water partition coefficient (Wildman–Crippen LogP) is 0.506. The smallest absolute Gasteiger partial charge is 0.249 e. The molecule has 0 aliphatic heterocycles. The summed E-state index contributed by atoms with van der Waals surface area (Å²) in [5, 5.41) is 0. The quantitative estimate of drug-likeness (QED) is 0.650. The topological polar surface area (TPSA) is 56.0 Å². The van der Waals surface area contributed by atoms with Crippen molar-refractivity contribution in [3.63, 3.8) is 0 Å². The molecule has 0 atom stereocenters. The number of pyridine rings is 1. The second-order valence-corrected chi connectivity index (χ2v) is 2.68. The molecule has 0 spiro atoms. The molecule has 0 saturated heterocycles. The molecule has 0 unspecified atom stereocenters. The van der Waals surface area contributed by atoms with Gasteiger partial charge in [0.2, 0.25) is 5.91 Å². The summed E-state index contributed by atoms with van der Waals surface area (Å²) >= 11 is 0. The van der Waals surface area contributed by atoms with Crippen LogP contribution in [0.3, 0.4) is 0 Å². The summed E-state index contributed by atoms with van der Waals surface area (Å²) in [5.41, 5.74) is 7.59. The Balaban J connectivity index is 2.52. The second-order valence-electron chi connectivity index (χ2n) is 2.68. The molecular weight excluding hydrogens is 152 g/mol. The van der Waals surface area contributed by atoms with E-state index in [2.05, 4.69) is 4.98 Å². The molecule has 3 nitrogen and oxygen atoms in total. The highest BCUT2D eigenvalue weighted by Gasteiger charge is 2.17. The Bertz CT molecular complexity index is 369. The van der Waals surface area contributed by atoms with Crippen LogP contribution in [0.25, 0.3) is 5.57 Å². The summed E-state index contributed by atoms with van der Waals surface area (Å²) in [6.45, 7) is 0. The van der Waals surface area contributed by atoms with Crippen molar-refractivity contribution in [2.24, 2.45) is 5.73 Å². The summed E-state index contributed by atoms with van der Waals surface area (Å²) in [5.74, 6) is -0.373. The third kappa shape index (κ3) is 0.906. The Kier molecular flexibility index (Phi) is 1.43. The van der Waals surface area contributed by atoms with Gasteiger partial charge in [0.25, 0.3) is 0 Å². The summed E-state index contributed by atoms with van der Waals surface area (Å²) in [4.78, 5) is 15.0. The number of amides is 1. The van der Waals surface area contributed by atoms with E-state index in [1.165, 1.54) is 0 Å². The number of hydrogen-bond acceptors (Lipinski definition) is 2. The molecular formula is C9H8N2O. The van der Waals surface area contributed by atoms with E-state index in [0.29, 0.717) is 12.0 Å². The molecule has 1 amide bonds. The fourth-order valence-electron chi connectivity index (χ4n) is 1.39. The zero-order valence-electron chi connectivity index (χ0n) is 6.45. The van der Waals surface area contributed by atoms with Crippen molar-refractivity contribution in [1.82, 2.24) is 4.98 Å². The lowest BCUT2D eigenvalue weighted by atomic mass is 10.1. The fraction of sp³-hybridized carbons (Fsp3) is 0.111. The van der Waals surface area contributed by atoms with E-state index in [0.717, 1.165) is 11.3 Å². The third-order valence-electron chi connectivity index (χ3n) is 1.95. The first-order chi connectivity index (χ1) is 5.79. The molecule has 0 saturated carbocycles. The van der Waals surface area contributed by atoms with Crippen molar-refractivity contribution in [2.75, 3.05) is 0 Å². The highest BCUT2D eigenvalue weighted by molar-refractivity contribution is 6.19. The van der Waals surface area contributed by atoms with Gasteiger partial charge in [-0.1, -0.05) is 12.1 Å². The molecule has 1 aliphatic carbocycles. The van der Waals surface area contributed by atoms with Gasteiger partial charge in [0.15, 0.2) is 0 Å². The van der Waals surface area contributed by atoms with Crippen molar-refractivity contribution in [2.45, 2.75) is 6.42 Å². The lowest BCUT2D eigenvalue weighted by Crippen LogP contribution is -2.11. The standard InChI is InChI=1S/C9H8N2O/c10-9(12)7-3-4-8-6(7)2-1-5-11-8/h1-3,5H,4H2,(H2,10,12). The number of aromatic nitrogens is 1. The van der Waals surface area contributed by atoms with Crippen LogP contribution in [-0.4, -0.2) is 10.9 Å². The average molecular weight is 160 g/mol. The number of hydrogen-bond donors (Lipinski definition) is 1. The molecule has 2 N–H and O–H groups in total. The third-order valence-corrected chi connectivity index (χ3v) is 1.95. The second kappa shape index (κ2) is 2.44. The Hall–Kier alpha value is -1.64. The minimum atomic E-state index is -0.373. The molecule has 0 aromatic carbocycles. The van der Waals surface area contributed by atoms with Gasteiger partial charge >= 0.3 is 0 Å². The number of fused-ring (bicyclic) bond motifs is 1. The number of carbonyl (C=O) groups is 1. The molecule has 2 rings (SSSR count). The molecule has 1 aromatic rings. The summed E-state index contributed by atoms with van der Waals surface area (Å²) < 4.78 is 0. The van der Waals surface area contributed by atoms with Crippen LogP contribution < -0.4 is 5.73 Å². The summed E-state index contributed by atoms with van der Waals surface area (Å²) in [7, 11) is 0. The first-order valence-corrected chi connectivity index (χ1v) is 3.73. The lowest BCUT2D eigenvalue weighted by molar-refractivity contribution is -0.112. The zero-order valence-corrected chi connectivity index (χ0v) is 6.45. The number of allylic oxidation sites excluding steroid dienone is 1. The number of rotatable bonds is 1. The van der Waals surface area contributed by atoms with Crippen molar-refractivity contribution >= 4 is 11.5 Å². The van der Waals surface area contributed by atoms with Crippen LogP contribution in [0.1, 0.15) is 11.3 Å². The van der Waals surface area contributed by atoms with Gasteiger partial charge < -0.3 is 5.73 Å². The van der Waals surface area contributed by atoms with Crippen LogP contribution in [-0.2, 0) is 11.2 Å². The van der Waals surface area contributed by atoms with Gasteiger partial charge in [-0.15, -0.1) is 0 Å². The van der Waals surface area contributed by atoms with E-state index < -0.39 is 0 Å². The monoisotopic (exact) mass is 160 g/mol. The van der Waals surface area contributed by atoms with Crippen LogP contribution in [0.15, 0.2) is 24.4 Å². The van der Waals surface area contributed by atoms with Gasteiger partial charge in [0.1, 0.15) is 0 Å². The molecule has 60 valence electrons. The fourth-order valence-corrected chi connectivity index (χ4v) is 1.39. The first kappa shape index (κ1) is 7.03. The normalized spacial score (nSPS) is 13.8. The van der Waals surface area contributed by atoms with E-state index in [1.807, 2.05) is 12.1 Å². The molecule has 1 heterocycles. The molecule has 0 fully saturated rings. The number of nitrogens with zero attached hydrogens (tertiary/aromatic N) is 1. The largest absolute Gasteiger partial charge is 0.366 e. The van der Waals surface area contributed by atoms with Crippen LogP contribution in [0.4, 0.5) is 0 Å². The van der Waals surface area contributed by atoms with Gasteiger partial charge in [0, 0.05) is 23.8 Å². The molecule has 1 aliphatic rings. The van der Waals surface area contributed by atoms with Crippen molar-refractivity contribution in [3.05, 3.63) is 35.7 Å². The highest BCUT2D eigenvalue weighted by Crippen LogP contribution is 2.24. The maximum absolute atomic E-state index is 10.9. The van der Waals surface area contributed by atoms with Crippen molar-refractivity contribution in [3.8, 4) is 0 Å². The Morgan fingerprint density at radius 1 is 1.58 bits per heavy atom. The van der Waals surface area contributed by atoms with E-state index in [-0.39, 0.29) is 5.91 Å². The summed E-state index contributed by atoms with van der Waals surface area (Å²) in [6.07, 6.45) is 4.26. The minimum Gasteiger partial charge on any atom is -0.366 e. The minimum absolute atomic E-state index is 0.373. The molecule has 3 heteroatoms. The van der Waals surface area contributed by atoms with E-state index in [4.69, 9.17) is 5.73 Å². The molecule has 1 aromatic heterocycles. The van der Waals surface area contributed by atoms with Crippen molar-refractivity contribution in [1.29, 1.82) is 0 Å². The van der Waals surface area contributed by atoms with E-state index in [1.54, 1.807) is 12.3 Å². The Morgan fingerprint density at radius 2 is 2.42 bits per heavy atom. The maximum atomic E-state index is 10.9. The number of primary amides is 1. The molecule has 12 heavy (non-hydrogen) atoms. The lowest BCUT2D eigenvalue weighted by Gasteiger charge is -1.98. The van der Waals surface area contributed by atoms with Gasteiger partial charge in [-0.2, -0.15) is 0 Å². The Labute approximate surface area is 69.9 Å². The predicted molar refractivity (Wildman–Crippen MR) is 45.1 cm³/mol. The Morgan fingerprint density at radius 3 is 3.17 bits per heavy atom. The van der Waals surface area contributed by atoms with Crippen LogP contribution >= 0.6 is 0 Å². The van der Waals surface area contributed by atoms with Crippen molar-refractivity contribution < 1.29 is 4.79 Å². The van der Waals surface area contributed by atoms with Crippen LogP contribution in [0, 0.1) is 0 Å². The van der Waals surface area contributed by atoms with Gasteiger partial charge in [0.05, 0.1) is 5.69 Å².